The fraction of sp³-hybridized carbons (Fsp3) is 1.00. The topological polar surface area (TPSA) is 118 Å². The summed E-state index contributed by atoms with van der Waals surface area (Å²) in [7, 11) is -4.68. The number of aliphatic hydroxyl groups is 3. The van der Waals surface area contributed by atoms with E-state index in [0.717, 1.165) is 6.42 Å². The number of aliphatic hydroxyl groups excluding tert-OH is 3. The summed E-state index contributed by atoms with van der Waals surface area (Å²) in [6.45, 7) is 4.59. The Kier molecular flexibility index (Phi) is 7.92. The summed E-state index contributed by atoms with van der Waals surface area (Å²) in [6.07, 6.45) is -0.798. The lowest BCUT2D eigenvalue weighted by molar-refractivity contribution is 0.0287. The minimum atomic E-state index is -4.68. The Morgan fingerprint density at radius 3 is 2.11 bits per heavy atom. The van der Waals surface area contributed by atoms with Crippen LogP contribution in [-0.2, 0) is 10.1 Å². The van der Waals surface area contributed by atoms with Crippen molar-refractivity contribution in [2.24, 2.45) is 5.92 Å². The lowest BCUT2D eigenvalue weighted by Crippen LogP contribution is -2.44. The van der Waals surface area contributed by atoms with E-state index in [9.17, 15) is 18.6 Å². The van der Waals surface area contributed by atoms with Gasteiger partial charge in [0.05, 0.1) is 6.61 Å². The number of hydrogen-bond donors (Lipinski definition) is 4. The van der Waals surface area contributed by atoms with E-state index in [4.69, 9.17) is 9.66 Å². The zero-order valence-electron chi connectivity index (χ0n) is 10.7. The summed E-state index contributed by atoms with van der Waals surface area (Å²) in [5, 5.41) is 27.5. The molecule has 0 amide bonds. The standard InChI is InChI=1S/C10H23NO6S/c1-8(2)3-4-11(5-6-12)7-9(13)10(14)18(15,16)17/h8-10,12-14H,3-7H2,1-2H3,(H,15,16,17). The smallest absolute Gasteiger partial charge is 0.294 e. The first-order chi connectivity index (χ1) is 8.18. The van der Waals surface area contributed by atoms with Gasteiger partial charge in [-0.2, -0.15) is 8.42 Å². The molecule has 4 N–H and O–H groups in total. The summed E-state index contributed by atoms with van der Waals surface area (Å²) < 4.78 is 29.9. The first-order valence-corrected chi connectivity index (χ1v) is 7.34. The van der Waals surface area contributed by atoms with Gasteiger partial charge in [-0.25, -0.2) is 0 Å². The molecular formula is C10H23NO6S. The molecule has 0 saturated carbocycles. The van der Waals surface area contributed by atoms with Crippen LogP contribution in [0.1, 0.15) is 20.3 Å². The van der Waals surface area contributed by atoms with Crippen LogP contribution in [0.4, 0.5) is 0 Å². The van der Waals surface area contributed by atoms with Crippen molar-refractivity contribution in [3.63, 3.8) is 0 Å². The summed E-state index contributed by atoms with van der Waals surface area (Å²) in [5.41, 5.74) is -2.22. The number of hydrogen-bond acceptors (Lipinski definition) is 6. The molecule has 2 unspecified atom stereocenters. The van der Waals surface area contributed by atoms with Gasteiger partial charge in [-0.3, -0.25) is 9.45 Å². The largest absolute Gasteiger partial charge is 0.395 e. The van der Waals surface area contributed by atoms with E-state index in [1.54, 1.807) is 4.90 Å². The second-order valence-electron chi connectivity index (χ2n) is 4.68. The maximum absolute atomic E-state index is 10.7. The average molecular weight is 285 g/mol. The highest BCUT2D eigenvalue weighted by Crippen LogP contribution is 2.07. The van der Waals surface area contributed by atoms with Crippen LogP contribution in [0.2, 0.25) is 0 Å². The third-order valence-corrected chi connectivity index (χ3v) is 3.44. The molecular weight excluding hydrogens is 262 g/mol. The first-order valence-electron chi connectivity index (χ1n) is 5.84. The normalized spacial score (nSPS) is 16.2. The molecule has 0 heterocycles. The zero-order valence-corrected chi connectivity index (χ0v) is 11.5. The number of rotatable bonds is 9. The van der Waals surface area contributed by atoms with Crippen molar-refractivity contribution in [1.29, 1.82) is 0 Å². The second kappa shape index (κ2) is 8.03. The van der Waals surface area contributed by atoms with E-state index in [-0.39, 0.29) is 19.7 Å². The Bertz CT molecular complexity index is 318. The van der Waals surface area contributed by atoms with Crippen LogP contribution >= 0.6 is 0 Å². The molecule has 18 heavy (non-hydrogen) atoms. The van der Waals surface area contributed by atoms with E-state index >= 15 is 0 Å². The molecule has 0 radical (unpaired) electrons. The van der Waals surface area contributed by atoms with Gasteiger partial charge in [0.1, 0.15) is 6.10 Å². The number of nitrogens with zero attached hydrogens (tertiary/aromatic N) is 1. The van der Waals surface area contributed by atoms with Gasteiger partial charge < -0.3 is 15.3 Å². The van der Waals surface area contributed by atoms with Crippen molar-refractivity contribution in [2.75, 3.05) is 26.2 Å². The van der Waals surface area contributed by atoms with Gasteiger partial charge in [-0.1, -0.05) is 13.8 Å². The molecule has 8 heteroatoms. The molecule has 0 aliphatic carbocycles. The van der Waals surface area contributed by atoms with Crippen LogP contribution < -0.4 is 0 Å². The summed E-state index contributed by atoms with van der Waals surface area (Å²) in [4.78, 5) is 1.64. The molecule has 0 aliphatic rings. The molecule has 0 spiro atoms. The third kappa shape index (κ3) is 7.24. The molecule has 110 valence electrons. The first kappa shape index (κ1) is 17.8. The molecule has 0 bridgehead atoms. The molecule has 0 fully saturated rings. The summed E-state index contributed by atoms with van der Waals surface area (Å²) >= 11 is 0. The van der Waals surface area contributed by atoms with Gasteiger partial charge in [0, 0.05) is 13.1 Å². The van der Waals surface area contributed by atoms with Crippen molar-refractivity contribution in [2.45, 2.75) is 31.8 Å². The van der Waals surface area contributed by atoms with Gasteiger partial charge in [0.2, 0.25) is 5.44 Å². The Morgan fingerprint density at radius 1 is 1.17 bits per heavy atom. The fourth-order valence-corrected chi connectivity index (χ4v) is 1.91. The maximum atomic E-state index is 10.7. The summed E-state index contributed by atoms with van der Waals surface area (Å²) in [5.74, 6) is 0.426. The van der Waals surface area contributed by atoms with Gasteiger partial charge >= 0.3 is 0 Å². The lowest BCUT2D eigenvalue weighted by Gasteiger charge is -2.26. The molecule has 7 nitrogen and oxygen atoms in total. The van der Waals surface area contributed by atoms with Gasteiger partial charge in [0.25, 0.3) is 10.1 Å². The highest BCUT2D eigenvalue weighted by Gasteiger charge is 2.29. The molecule has 0 rings (SSSR count). The lowest BCUT2D eigenvalue weighted by atomic mass is 10.1. The fourth-order valence-electron chi connectivity index (χ4n) is 1.43. The minimum absolute atomic E-state index is 0.131. The second-order valence-corrected chi connectivity index (χ2v) is 6.19. The molecule has 0 aromatic carbocycles. The molecule has 2 atom stereocenters. The van der Waals surface area contributed by atoms with Crippen LogP contribution in [-0.4, -0.2) is 71.0 Å². The average Bonchev–Trinajstić information content (AvgIpc) is 2.23. The summed E-state index contributed by atoms with van der Waals surface area (Å²) in [6, 6.07) is 0. The van der Waals surface area contributed by atoms with Crippen molar-refractivity contribution >= 4 is 10.1 Å². The SMILES string of the molecule is CC(C)CCN(CCO)CC(O)C(O)S(=O)(=O)O. The molecule has 0 saturated heterocycles. The van der Waals surface area contributed by atoms with Crippen LogP contribution in [0.5, 0.6) is 0 Å². The van der Waals surface area contributed by atoms with Crippen molar-refractivity contribution in [1.82, 2.24) is 4.90 Å². The van der Waals surface area contributed by atoms with E-state index in [1.165, 1.54) is 0 Å². The van der Waals surface area contributed by atoms with Gasteiger partial charge in [-0.15, -0.1) is 0 Å². The molecule has 0 aromatic rings. The predicted molar refractivity (Wildman–Crippen MR) is 66.5 cm³/mol. The quantitative estimate of drug-likeness (QED) is 0.397. The minimum Gasteiger partial charge on any atom is -0.395 e. The zero-order chi connectivity index (χ0) is 14.3. The molecule has 0 aromatic heterocycles. The van der Waals surface area contributed by atoms with E-state index in [0.29, 0.717) is 12.5 Å². The highest BCUT2D eigenvalue weighted by molar-refractivity contribution is 7.86. The van der Waals surface area contributed by atoms with E-state index in [1.807, 2.05) is 13.8 Å². The van der Waals surface area contributed by atoms with Crippen molar-refractivity contribution in [3.8, 4) is 0 Å². The van der Waals surface area contributed by atoms with Gasteiger partial charge in [-0.05, 0) is 18.9 Å². The Balaban J connectivity index is 4.39. The highest BCUT2D eigenvalue weighted by atomic mass is 32.2. The monoisotopic (exact) mass is 285 g/mol. The maximum Gasteiger partial charge on any atom is 0.294 e. The van der Waals surface area contributed by atoms with Crippen LogP contribution in [0.3, 0.4) is 0 Å². The Hall–Kier alpha value is -0.250. The van der Waals surface area contributed by atoms with Crippen LogP contribution in [0.15, 0.2) is 0 Å². The predicted octanol–water partition coefficient (Wildman–Crippen LogP) is -1.11. The molecule has 0 aliphatic heterocycles. The Labute approximate surface area is 108 Å². The van der Waals surface area contributed by atoms with Gasteiger partial charge in [0.15, 0.2) is 0 Å². The van der Waals surface area contributed by atoms with Crippen LogP contribution in [0, 0.1) is 5.92 Å². The Morgan fingerprint density at radius 2 is 1.72 bits per heavy atom. The van der Waals surface area contributed by atoms with Crippen molar-refractivity contribution in [3.05, 3.63) is 0 Å². The van der Waals surface area contributed by atoms with Crippen molar-refractivity contribution < 1.29 is 28.3 Å². The van der Waals surface area contributed by atoms with E-state index < -0.39 is 21.7 Å². The van der Waals surface area contributed by atoms with E-state index in [2.05, 4.69) is 0 Å². The third-order valence-electron chi connectivity index (χ3n) is 2.52. The van der Waals surface area contributed by atoms with Crippen LogP contribution in [0.25, 0.3) is 0 Å².